The molecule has 3 aromatic heterocycles. The predicted octanol–water partition coefficient (Wildman–Crippen LogP) is 5.77. The van der Waals surface area contributed by atoms with Crippen LogP contribution in [-0.2, 0) is 52.4 Å². The van der Waals surface area contributed by atoms with Crippen LogP contribution in [0.2, 0.25) is 8.47 Å². The van der Waals surface area contributed by atoms with E-state index in [-0.39, 0.29) is 24.7 Å². The van der Waals surface area contributed by atoms with Gasteiger partial charge in [0.1, 0.15) is 19.7 Å². The van der Waals surface area contributed by atoms with Gasteiger partial charge in [0.05, 0.1) is 46.8 Å². The van der Waals surface area contributed by atoms with Gasteiger partial charge >= 0.3 is 18.3 Å². The van der Waals surface area contributed by atoms with Gasteiger partial charge < -0.3 is 59.8 Å². The maximum absolute atomic E-state index is 11.9. The first kappa shape index (κ1) is 13.7. The number of hydrogen-bond donors (Lipinski definition) is 6. The summed E-state index contributed by atoms with van der Waals surface area (Å²) in [5.74, 6) is 0. The molecule has 0 aliphatic carbocycles. The summed E-state index contributed by atoms with van der Waals surface area (Å²) in [5, 5.41) is -4.17. The standard InChI is InChI=1S/3C16H21N3O2/c3*1-19(2)6-5-12-9-17-15-4-3-11(8-14(12)15)7-13-10-21-16(20)18-13/h3*3-4,8-9,13,17H,5-7,10H2,1-2H3,(H,18,20)/t3*13-/m000/s1/i2*1D3,3D,4D,5D2,6D2,7D2,8D,9D,10D2,13D;3D,4D,5D2,6D2,7D2,8D,9D,10D2,13D/hD6. The van der Waals surface area contributed by atoms with E-state index in [9.17, 15) is 14.4 Å². The van der Waals surface area contributed by atoms with Gasteiger partial charge in [-0.15, -0.1) is 0 Å². The summed E-state index contributed by atoms with van der Waals surface area (Å²) in [6.07, 6.45) is -29.9. The third-order valence-corrected chi connectivity index (χ3v) is 7.11. The van der Waals surface area contributed by atoms with Gasteiger partial charge in [0.15, 0.2) is 8.47 Å². The van der Waals surface area contributed by atoms with Crippen molar-refractivity contribution in [1.82, 2.24) is 45.6 Å². The van der Waals surface area contributed by atoms with E-state index < -0.39 is 283 Å². The first-order chi connectivity index (χ1) is 50.5. The molecule has 6 N–H and O–H groups in total. The number of H-pyrrole nitrogens is 3. The smallest absolute Gasteiger partial charge is 0.407 e. The van der Waals surface area contributed by atoms with Crippen LogP contribution < -0.4 is 15.9 Å². The van der Waals surface area contributed by atoms with Crippen LogP contribution in [0.4, 0.5) is 14.4 Å². The molecule has 0 unspecified atom stereocenters. The van der Waals surface area contributed by atoms with Gasteiger partial charge in [-0.05, 0) is 150 Å². The summed E-state index contributed by atoms with van der Waals surface area (Å²) in [7, 11) is 3.81. The second-order valence-corrected chi connectivity index (χ2v) is 12.1. The third kappa shape index (κ3) is 12.6. The van der Waals surface area contributed by atoms with E-state index in [0.29, 0.717) is 14.1 Å². The Morgan fingerprint density at radius 1 is 0.587 bits per heavy atom. The Bertz CT molecular complexity index is 4760. The number of carbonyl (C=O) groups is 3. The van der Waals surface area contributed by atoms with E-state index in [1.165, 1.54) is 14.1 Å². The van der Waals surface area contributed by atoms with E-state index in [0.717, 1.165) is 4.90 Å². The number of amides is 3. The van der Waals surface area contributed by atoms with Crippen LogP contribution in [0, 0.1) is 0 Å². The first-order valence-electron chi connectivity index (χ1n) is 42.4. The molecule has 336 valence electrons. The third-order valence-electron chi connectivity index (χ3n) is 7.11. The summed E-state index contributed by atoms with van der Waals surface area (Å²) >= 11 is 0. The number of nitrogens with zero attached hydrogens (tertiary/aromatic N) is 3. The molecule has 6 heterocycles. The summed E-state index contributed by atoms with van der Waals surface area (Å²) < 4.78 is 430. The van der Waals surface area contributed by atoms with Crippen LogP contribution in [0.3, 0.4) is 0 Å². The number of nitrogens with one attached hydrogen (secondary N) is 6. The number of hydrogen-bond acceptors (Lipinski definition) is 9. The van der Waals surface area contributed by atoms with E-state index in [4.69, 9.17) is 70.2 Å². The average molecular weight is 913 g/mol. The molecule has 3 fully saturated rings. The van der Waals surface area contributed by atoms with Crippen LogP contribution in [0.15, 0.2) is 72.9 Å². The van der Waals surface area contributed by atoms with Crippen molar-refractivity contribution in [2.75, 3.05) is 81.3 Å². The van der Waals surface area contributed by atoms with Crippen LogP contribution in [0.25, 0.3) is 32.7 Å². The van der Waals surface area contributed by atoms with Crippen LogP contribution in [0.1, 0.15) is 95.1 Å². The molecule has 63 heavy (non-hydrogen) atoms. The molecule has 15 heteroatoms. The van der Waals surface area contributed by atoms with Crippen molar-refractivity contribution in [2.24, 2.45) is 0 Å². The molecule has 3 aliphatic heterocycles. The Morgan fingerprint density at radius 2 is 0.905 bits per heavy atom. The van der Waals surface area contributed by atoms with E-state index in [2.05, 4.69) is 14.2 Å². The number of aromatic amines is 3. The van der Waals surface area contributed by atoms with Crippen molar-refractivity contribution in [3.05, 3.63) is 106 Å². The first-order valence-corrected chi connectivity index (χ1v) is 17.2. The molecule has 3 aromatic carbocycles. The lowest BCUT2D eigenvalue weighted by Crippen LogP contribution is -2.28. The Kier molecular flexibility index (Phi) is 4.56. The average Bonchev–Trinajstić information content (AvgIpc) is 1.46. The molecule has 3 saturated heterocycles. The van der Waals surface area contributed by atoms with Gasteiger partial charge in [-0.1, -0.05) is 18.1 Å². The Hall–Kier alpha value is -6.03. The quantitative estimate of drug-likeness (QED) is 0.0701. The van der Waals surface area contributed by atoms with Crippen molar-refractivity contribution < 1.29 is 98.7 Å². The van der Waals surface area contributed by atoms with E-state index in [1.54, 1.807) is 0 Å². The number of fused-ring (bicyclic) bond motifs is 3. The molecule has 0 radical (unpaired) electrons. The van der Waals surface area contributed by atoms with Crippen LogP contribution >= 0.6 is 0 Å². The van der Waals surface area contributed by atoms with Crippen molar-refractivity contribution in [3.63, 3.8) is 0 Å². The zero-order valence-electron chi connectivity index (χ0n) is 83.5. The van der Waals surface area contributed by atoms with Crippen LogP contribution in [0.5, 0.6) is 0 Å². The zero-order chi connectivity index (χ0) is 89.4. The summed E-state index contributed by atoms with van der Waals surface area (Å²) in [6.45, 7) is -26.8. The van der Waals surface area contributed by atoms with Crippen molar-refractivity contribution in [2.45, 2.75) is 56.3 Å². The predicted molar refractivity (Wildman–Crippen MR) is 248 cm³/mol. The van der Waals surface area contributed by atoms with Crippen molar-refractivity contribution in [3.8, 4) is 0 Å². The summed E-state index contributed by atoms with van der Waals surface area (Å²) in [4.78, 5) is 36.8. The Balaban J connectivity index is 0.000000237. The largest absolute Gasteiger partial charge is 0.447 e. The van der Waals surface area contributed by atoms with Crippen molar-refractivity contribution in [1.29, 1.82) is 0 Å². The highest BCUT2D eigenvalue weighted by molar-refractivity contribution is 5.85. The number of aromatic nitrogens is 3. The molecule has 15 nitrogen and oxygen atoms in total. The number of alkyl carbamates (subject to hydrolysis) is 3. The maximum atomic E-state index is 11.9. The number of likely N-dealkylation sites (N-methyl/N-ethyl adjacent to an activating group) is 3. The fraction of sp³-hybridized carbons (Fsp3) is 0.438. The molecule has 0 saturated carbocycles. The Morgan fingerprint density at radius 3 is 1.17 bits per heavy atom. The monoisotopic (exact) mass is 913 g/mol. The highest BCUT2D eigenvalue weighted by atomic mass is 16.6. The lowest BCUT2D eigenvalue weighted by atomic mass is 10.0. The normalized spacial score (nSPS) is 38.8. The molecule has 0 bridgehead atoms. The van der Waals surface area contributed by atoms with Gasteiger partial charge in [-0.2, -0.15) is 0 Å². The molecule has 0 spiro atoms. The molecular weight excluding hydrogens is 799 g/mol. The lowest BCUT2D eigenvalue weighted by Gasteiger charge is -2.09. The Labute approximate surface area is 441 Å². The summed E-state index contributed by atoms with van der Waals surface area (Å²) in [5.41, 5.74) is -9.42. The number of cyclic esters (lactones) is 3. The lowest BCUT2D eigenvalue weighted by molar-refractivity contribution is 0.176. The van der Waals surface area contributed by atoms with Gasteiger partial charge in [-0.25, -0.2) is 14.4 Å². The molecule has 6 aromatic rings. The number of aryl methyl sites for hydroxylation is 3. The van der Waals surface area contributed by atoms with Gasteiger partial charge in [0, 0.05) is 104 Å². The topological polar surface area (TPSA) is 172 Å². The second kappa shape index (κ2) is 20.9. The number of carbonyl (C=O) groups excluding carboxylic acids is 3. The van der Waals surface area contributed by atoms with Gasteiger partial charge in [-0.3, -0.25) is 0 Å². The van der Waals surface area contributed by atoms with Gasteiger partial charge in [0.25, 0.3) is 0 Å². The number of benzene rings is 3. The van der Waals surface area contributed by atoms with E-state index in [1.807, 2.05) is 0 Å². The minimum absolute atomic E-state index is 0.0175. The fourth-order valence-electron chi connectivity index (χ4n) is 4.60. The van der Waals surface area contributed by atoms with Gasteiger partial charge in [0.2, 0.25) is 0 Å². The minimum Gasteiger partial charge on any atom is -0.447 e. The number of ether oxygens (including phenoxy) is 3. The van der Waals surface area contributed by atoms with Crippen molar-refractivity contribution >= 4 is 51.0 Å². The van der Waals surface area contributed by atoms with E-state index >= 15 is 0 Å². The van der Waals surface area contributed by atoms with Crippen LogP contribution in [-0.4, -0.2) is 147 Å². The second-order valence-electron chi connectivity index (χ2n) is 12.1. The molecule has 3 atom stereocenters. The summed E-state index contributed by atoms with van der Waals surface area (Å²) in [6, 6.07) is -21.3. The molecule has 3 amide bonds. The fourth-order valence-corrected chi connectivity index (χ4v) is 4.60. The SMILES string of the molecule is [2H]c1c(C([2H])([2H])[C@]2([2H])N([2H])C(=O)OC2([2H])[2H])c([2H])c2c(C([2H])([2H])C([2H])([2H])N(C)C([2H])([2H])[2H])c([2H])n([2H])c2c1[2H].[2H]c1c(C([2H])([2H])[C@]2([2H])N([2H])C(=O)OC2([2H])[2H])c([2H])c2c(C([2H])([2H])C([2H])([2H])N(C)C([2H])([2H])[2H])c([2H])n([2H])c2c1[2H].[2H]c1c(C([2H])([2H])[C@]2([2H])N([2H])C(=O)OC2([2H])[2H])c([2H])c2c(C([2H])([2H])C([2H])([2H])N(C)C)c([2H])n([2H])c2c1[2H]. The number of rotatable bonds is 15. The molecular formula is C48H63N9O6. The maximum Gasteiger partial charge on any atom is 0.407 e. The highest BCUT2D eigenvalue weighted by Crippen LogP contribution is 2.24. The zero-order valence-corrected chi connectivity index (χ0v) is 32.5. The minimum atomic E-state index is -3.71. The molecule has 9 rings (SSSR count). The molecule has 3 aliphatic rings. The highest BCUT2D eigenvalue weighted by Gasteiger charge is 2.24.